The summed E-state index contributed by atoms with van der Waals surface area (Å²) < 4.78 is 0. The van der Waals surface area contributed by atoms with Crippen LogP contribution < -0.4 is 5.32 Å². The van der Waals surface area contributed by atoms with Gasteiger partial charge in [0.1, 0.15) is 0 Å². The van der Waals surface area contributed by atoms with Crippen LogP contribution in [0.5, 0.6) is 0 Å². The zero-order chi connectivity index (χ0) is 14.7. The first kappa shape index (κ1) is 14.5. The highest BCUT2D eigenvalue weighted by molar-refractivity contribution is 5.83. The van der Waals surface area contributed by atoms with Crippen molar-refractivity contribution >= 4 is 5.91 Å². The molecule has 2 aliphatic rings. The summed E-state index contributed by atoms with van der Waals surface area (Å²) in [6.07, 6.45) is 2.79. The number of amides is 1. The van der Waals surface area contributed by atoms with Crippen LogP contribution >= 0.6 is 0 Å². The third-order valence-corrected chi connectivity index (χ3v) is 4.66. The number of rotatable bonds is 3. The Morgan fingerprint density at radius 2 is 2.14 bits per heavy atom. The van der Waals surface area contributed by atoms with E-state index in [0.717, 1.165) is 57.9 Å². The first-order chi connectivity index (χ1) is 10.2. The van der Waals surface area contributed by atoms with Crippen LogP contribution in [0.3, 0.4) is 0 Å². The number of hydrogen-bond donors (Lipinski definition) is 1. The molecule has 0 radical (unpaired) electrons. The van der Waals surface area contributed by atoms with Crippen molar-refractivity contribution in [1.29, 1.82) is 0 Å². The number of carbonyl (C=O) groups excluding carboxylic acids is 1. The quantitative estimate of drug-likeness (QED) is 0.890. The Bertz CT molecular complexity index is 476. The molecule has 0 aliphatic carbocycles. The molecule has 5 heteroatoms. The first-order valence-corrected chi connectivity index (χ1v) is 7.80. The molecule has 1 N–H and O–H groups in total. The molecule has 1 atom stereocenters. The van der Waals surface area contributed by atoms with Crippen LogP contribution in [0.25, 0.3) is 0 Å². The van der Waals surface area contributed by atoms with Gasteiger partial charge in [-0.15, -0.1) is 0 Å². The van der Waals surface area contributed by atoms with Crippen LogP contribution in [0.4, 0.5) is 0 Å². The van der Waals surface area contributed by atoms with Crippen LogP contribution in [0.2, 0.25) is 0 Å². The molecule has 2 fully saturated rings. The van der Waals surface area contributed by atoms with Gasteiger partial charge in [0.15, 0.2) is 0 Å². The molecular formula is C16H24N4O. The molecule has 3 heterocycles. The van der Waals surface area contributed by atoms with E-state index in [1.807, 2.05) is 23.2 Å². The van der Waals surface area contributed by atoms with E-state index in [4.69, 9.17) is 0 Å². The van der Waals surface area contributed by atoms with E-state index >= 15 is 0 Å². The third-order valence-electron chi connectivity index (χ3n) is 4.66. The average Bonchev–Trinajstić information content (AvgIpc) is 2.96. The SMILES string of the molecule is CC1(C(=O)N2CCN(Cc3ccccn3)CC2)CCNC1. The van der Waals surface area contributed by atoms with Gasteiger partial charge in [-0.05, 0) is 32.0 Å². The first-order valence-electron chi connectivity index (χ1n) is 7.80. The van der Waals surface area contributed by atoms with Crippen molar-refractivity contribution in [2.24, 2.45) is 5.41 Å². The minimum Gasteiger partial charge on any atom is -0.340 e. The van der Waals surface area contributed by atoms with Gasteiger partial charge in [-0.1, -0.05) is 6.07 Å². The van der Waals surface area contributed by atoms with Crippen molar-refractivity contribution in [3.63, 3.8) is 0 Å². The molecule has 0 bridgehead atoms. The van der Waals surface area contributed by atoms with Gasteiger partial charge >= 0.3 is 0 Å². The topological polar surface area (TPSA) is 48.5 Å². The van der Waals surface area contributed by atoms with Gasteiger partial charge in [-0.2, -0.15) is 0 Å². The third kappa shape index (κ3) is 3.24. The second kappa shape index (κ2) is 6.12. The molecular weight excluding hydrogens is 264 g/mol. The summed E-state index contributed by atoms with van der Waals surface area (Å²) in [4.78, 5) is 21.4. The van der Waals surface area contributed by atoms with Crippen LogP contribution in [0, 0.1) is 5.41 Å². The monoisotopic (exact) mass is 288 g/mol. The maximum Gasteiger partial charge on any atom is 0.229 e. The molecule has 114 valence electrons. The van der Waals surface area contributed by atoms with E-state index in [0.29, 0.717) is 5.91 Å². The number of nitrogens with zero attached hydrogens (tertiary/aromatic N) is 3. The molecule has 1 aromatic rings. The van der Waals surface area contributed by atoms with E-state index in [-0.39, 0.29) is 5.41 Å². The van der Waals surface area contributed by atoms with Crippen molar-refractivity contribution in [2.75, 3.05) is 39.3 Å². The number of carbonyl (C=O) groups is 1. The lowest BCUT2D eigenvalue weighted by atomic mass is 9.88. The normalized spacial score (nSPS) is 27.0. The van der Waals surface area contributed by atoms with Crippen molar-refractivity contribution in [1.82, 2.24) is 20.1 Å². The summed E-state index contributed by atoms with van der Waals surface area (Å²) in [7, 11) is 0. The van der Waals surface area contributed by atoms with E-state index in [1.54, 1.807) is 0 Å². The second-order valence-corrected chi connectivity index (χ2v) is 6.38. The molecule has 2 saturated heterocycles. The van der Waals surface area contributed by atoms with E-state index in [2.05, 4.69) is 28.2 Å². The highest BCUT2D eigenvalue weighted by Gasteiger charge is 2.39. The fraction of sp³-hybridized carbons (Fsp3) is 0.625. The lowest BCUT2D eigenvalue weighted by Crippen LogP contribution is -2.52. The highest BCUT2D eigenvalue weighted by Crippen LogP contribution is 2.27. The molecule has 1 amide bonds. The predicted octanol–water partition coefficient (Wildman–Crippen LogP) is 0.725. The van der Waals surface area contributed by atoms with Gasteiger partial charge < -0.3 is 10.2 Å². The predicted molar refractivity (Wildman–Crippen MR) is 81.7 cm³/mol. The summed E-state index contributed by atoms with van der Waals surface area (Å²) in [6, 6.07) is 6.02. The van der Waals surface area contributed by atoms with E-state index < -0.39 is 0 Å². The molecule has 1 aromatic heterocycles. The van der Waals surface area contributed by atoms with Crippen LogP contribution in [-0.2, 0) is 11.3 Å². The van der Waals surface area contributed by atoms with Crippen LogP contribution in [0.1, 0.15) is 19.0 Å². The Balaban J connectivity index is 1.52. The molecule has 0 saturated carbocycles. The molecule has 3 rings (SSSR count). The standard InChI is InChI=1S/C16H24N4O/c1-16(5-7-17-13-16)15(21)20-10-8-19(9-11-20)12-14-4-2-3-6-18-14/h2-4,6,17H,5,7-13H2,1H3. The van der Waals surface area contributed by atoms with Crippen molar-refractivity contribution in [3.05, 3.63) is 30.1 Å². The number of piperazine rings is 1. The molecule has 2 aliphatic heterocycles. The number of aromatic nitrogens is 1. The Kier molecular flexibility index (Phi) is 4.22. The molecule has 0 aromatic carbocycles. The molecule has 1 unspecified atom stereocenters. The Morgan fingerprint density at radius 1 is 1.33 bits per heavy atom. The lowest BCUT2D eigenvalue weighted by Gasteiger charge is -2.38. The Morgan fingerprint density at radius 3 is 2.76 bits per heavy atom. The molecule has 5 nitrogen and oxygen atoms in total. The fourth-order valence-electron chi connectivity index (χ4n) is 3.21. The summed E-state index contributed by atoms with van der Waals surface area (Å²) >= 11 is 0. The minimum absolute atomic E-state index is 0.191. The van der Waals surface area contributed by atoms with Gasteiger partial charge in [0.25, 0.3) is 0 Å². The van der Waals surface area contributed by atoms with Gasteiger partial charge in [0.05, 0.1) is 11.1 Å². The van der Waals surface area contributed by atoms with Crippen molar-refractivity contribution in [2.45, 2.75) is 19.9 Å². The largest absolute Gasteiger partial charge is 0.340 e. The number of pyridine rings is 1. The van der Waals surface area contributed by atoms with Crippen LogP contribution in [0.15, 0.2) is 24.4 Å². The van der Waals surface area contributed by atoms with E-state index in [9.17, 15) is 4.79 Å². The summed E-state index contributed by atoms with van der Waals surface area (Å²) in [6.45, 7) is 8.29. The number of hydrogen-bond acceptors (Lipinski definition) is 4. The molecule has 21 heavy (non-hydrogen) atoms. The number of nitrogens with one attached hydrogen (secondary N) is 1. The maximum atomic E-state index is 12.6. The Hall–Kier alpha value is -1.46. The van der Waals surface area contributed by atoms with Gasteiger partial charge in [0.2, 0.25) is 5.91 Å². The smallest absolute Gasteiger partial charge is 0.229 e. The maximum absolute atomic E-state index is 12.6. The minimum atomic E-state index is -0.191. The van der Waals surface area contributed by atoms with Crippen molar-refractivity contribution in [3.8, 4) is 0 Å². The zero-order valence-electron chi connectivity index (χ0n) is 12.7. The summed E-state index contributed by atoms with van der Waals surface area (Å²) in [5.74, 6) is 0.324. The lowest BCUT2D eigenvalue weighted by molar-refractivity contribution is -0.142. The average molecular weight is 288 g/mol. The fourth-order valence-corrected chi connectivity index (χ4v) is 3.21. The summed E-state index contributed by atoms with van der Waals surface area (Å²) in [5.41, 5.74) is 0.910. The Labute approximate surface area is 126 Å². The summed E-state index contributed by atoms with van der Waals surface area (Å²) in [5, 5.41) is 3.31. The molecule has 0 spiro atoms. The van der Waals surface area contributed by atoms with E-state index in [1.165, 1.54) is 0 Å². The highest BCUT2D eigenvalue weighted by atomic mass is 16.2. The van der Waals surface area contributed by atoms with Crippen molar-refractivity contribution < 1.29 is 4.79 Å². The second-order valence-electron chi connectivity index (χ2n) is 6.38. The van der Waals surface area contributed by atoms with Crippen LogP contribution in [-0.4, -0.2) is 60.0 Å². The zero-order valence-corrected chi connectivity index (χ0v) is 12.7. The van der Waals surface area contributed by atoms with Gasteiger partial charge in [-0.3, -0.25) is 14.7 Å². The van der Waals surface area contributed by atoms with Gasteiger partial charge in [-0.25, -0.2) is 0 Å². The van der Waals surface area contributed by atoms with Gasteiger partial charge in [0, 0.05) is 45.5 Å².